The molecule has 0 unspecified atom stereocenters. The van der Waals surface area contributed by atoms with E-state index < -0.39 is 0 Å². The van der Waals surface area contributed by atoms with Crippen LogP contribution in [0.4, 0.5) is 5.69 Å². The molecular weight excluding hydrogens is 429 g/mol. The molecule has 0 aliphatic carbocycles. The van der Waals surface area contributed by atoms with Crippen molar-refractivity contribution in [1.82, 2.24) is 0 Å². The highest BCUT2D eigenvalue weighted by Gasteiger charge is 2.27. The maximum Gasteiger partial charge on any atom is 0.237 e. The van der Waals surface area contributed by atoms with Crippen molar-refractivity contribution in [2.24, 2.45) is 0 Å². The summed E-state index contributed by atoms with van der Waals surface area (Å²) in [5, 5.41) is 1.02. The monoisotopic (exact) mass is 445 g/mol. The van der Waals surface area contributed by atoms with Crippen LogP contribution < -0.4 is 4.90 Å². The lowest BCUT2D eigenvalue weighted by molar-refractivity contribution is -0.116. The van der Waals surface area contributed by atoms with Gasteiger partial charge in [-0.15, -0.1) is 11.8 Å². The van der Waals surface area contributed by atoms with E-state index >= 15 is 0 Å². The summed E-state index contributed by atoms with van der Waals surface area (Å²) < 4.78 is 5.30. The summed E-state index contributed by atoms with van der Waals surface area (Å²) in [6, 6.07) is 14.4. The average molecular weight is 446 g/mol. The topological polar surface area (TPSA) is 50.5 Å². The Labute approximate surface area is 182 Å². The smallest absolute Gasteiger partial charge is 0.237 e. The van der Waals surface area contributed by atoms with Crippen molar-refractivity contribution in [3.05, 3.63) is 81.7 Å². The van der Waals surface area contributed by atoms with Gasteiger partial charge in [-0.05, 0) is 36.4 Å². The zero-order valence-electron chi connectivity index (χ0n) is 15.4. The number of Topliss-reactive ketones (excluding diaryl/α,β-unsaturated/α-hetero) is 1. The fourth-order valence-electron chi connectivity index (χ4n) is 3.23. The van der Waals surface area contributed by atoms with Crippen molar-refractivity contribution in [1.29, 1.82) is 0 Å². The molecule has 4 nitrogen and oxygen atoms in total. The molecule has 1 amide bonds. The van der Waals surface area contributed by atoms with Gasteiger partial charge in [-0.2, -0.15) is 0 Å². The van der Waals surface area contributed by atoms with Crippen LogP contribution in [0.1, 0.15) is 28.1 Å². The van der Waals surface area contributed by atoms with E-state index in [9.17, 15) is 9.59 Å². The number of rotatable bonds is 6. The number of furan rings is 1. The molecule has 1 aromatic heterocycles. The highest BCUT2D eigenvalue weighted by molar-refractivity contribution is 8.00. The molecule has 2 aromatic carbocycles. The SMILES string of the molecule is O=C(CCc1ccco1)c1ccc2c(c1)N(Cc1c(Cl)cccc1Cl)C(=O)CS2. The predicted octanol–water partition coefficient (Wildman–Crippen LogP) is 6.04. The number of halogens is 2. The number of carbonyl (C=O) groups excluding carboxylic acids is 2. The maximum absolute atomic E-state index is 12.7. The Morgan fingerprint density at radius 3 is 2.62 bits per heavy atom. The maximum atomic E-state index is 12.7. The molecule has 1 aliphatic heterocycles. The minimum atomic E-state index is -0.0429. The minimum Gasteiger partial charge on any atom is -0.469 e. The minimum absolute atomic E-state index is 0.00273. The van der Waals surface area contributed by atoms with Gasteiger partial charge in [0.05, 0.1) is 24.2 Å². The second kappa shape index (κ2) is 8.66. The van der Waals surface area contributed by atoms with Crippen molar-refractivity contribution in [2.75, 3.05) is 10.7 Å². The molecule has 0 N–H and O–H groups in total. The average Bonchev–Trinajstić information content (AvgIpc) is 3.23. The quantitative estimate of drug-likeness (QED) is 0.433. The molecule has 0 fully saturated rings. The molecule has 0 spiro atoms. The number of amides is 1. The Bertz CT molecular complexity index is 1050. The van der Waals surface area contributed by atoms with Crippen LogP contribution in [-0.2, 0) is 17.8 Å². The first kappa shape index (κ1) is 20.1. The van der Waals surface area contributed by atoms with Gasteiger partial charge < -0.3 is 9.32 Å². The van der Waals surface area contributed by atoms with Gasteiger partial charge in [0.2, 0.25) is 5.91 Å². The van der Waals surface area contributed by atoms with Crippen LogP contribution >= 0.6 is 35.0 Å². The van der Waals surface area contributed by atoms with E-state index in [4.69, 9.17) is 27.6 Å². The van der Waals surface area contributed by atoms with Crippen molar-refractivity contribution in [3.8, 4) is 0 Å². The van der Waals surface area contributed by atoms with Crippen LogP contribution in [0.3, 0.4) is 0 Å². The van der Waals surface area contributed by atoms with Gasteiger partial charge >= 0.3 is 0 Å². The molecule has 29 heavy (non-hydrogen) atoms. The third-order valence-electron chi connectivity index (χ3n) is 4.78. The largest absolute Gasteiger partial charge is 0.469 e. The number of aryl methyl sites for hydroxylation is 1. The van der Waals surface area contributed by atoms with Gasteiger partial charge in [0, 0.05) is 38.9 Å². The standard InChI is InChI=1S/C22H17Cl2NO3S/c23-17-4-1-5-18(24)16(17)12-25-19-11-14(6-9-21(19)29-13-22(25)27)20(26)8-7-15-3-2-10-28-15/h1-6,9-11H,7-8,12-13H2. The van der Waals surface area contributed by atoms with E-state index in [0.29, 0.717) is 45.5 Å². The summed E-state index contributed by atoms with van der Waals surface area (Å²) >= 11 is 14.1. The second-order valence-corrected chi connectivity index (χ2v) is 8.49. The third kappa shape index (κ3) is 4.37. The van der Waals surface area contributed by atoms with Crippen molar-refractivity contribution in [2.45, 2.75) is 24.3 Å². The van der Waals surface area contributed by atoms with Crippen molar-refractivity contribution in [3.63, 3.8) is 0 Å². The Balaban J connectivity index is 1.60. The lowest BCUT2D eigenvalue weighted by Crippen LogP contribution is -2.35. The first-order valence-electron chi connectivity index (χ1n) is 9.08. The Morgan fingerprint density at radius 2 is 1.90 bits per heavy atom. The summed E-state index contributed by atoms with van der Waals surface area (Å²) in [6.07, 6.45) is 2.47. The summed E-state index contributed by atoms with van der Waals surface area (Å²) in [6.45, 7) is 0.259. The number of anilines is 1. The third-order valence-corrected chi connectivity index (χ3v) is 6.54. The summed E-state index contributed by atoms with van der Waals surface area (Å²) in [4.78, 5) is 28.0. The fraction of sp³-hybridized carbons (Fsp3) is 0.182. The van der Waals surface area contributed by atoms with Gasteiger partial charge in [-0.25, -0.2) is 0 Å². The lowest BCUT2D eigenvalue weighted by Gasteiger charge is -2.30. The number of benzene rings is 2. The summed E-state index contributed by atoms with van der Waals surface area (Å²) in [5.41, 5.74) is 1.98. The number of thioether (sulfide) groups is 1. The molecule has 148 valence electrons. The van der Waals surface area contributed by atoms with E-state index in [-0.39, 0.29) is 18.2 Å². The Hall–Kier alpha value is -2.21. The van der Waals surface area contributed by atoms with Gasteiger partial charge in [0.1, 0.15) is 5.76 Å². The molecule has 2 heterocycles. The molecule has 0 bridgehead atoms. The molecule has 7 heteroatoms. The zero-order valence-corrected chi connectivity index (χ0v) is 17.7. The molecule has 4 rings (SSSR count). The van der Waals surface area contributed by atoms with Crippen molar-refractivity contribution < 1.29 is 14.0 Å². The second-order valence-electron chi connectivity index (χ2n) is 6.65. The first-order chi connectivity index (χ1) is 14.0. The zero-order chi connectivity index (χ0) is 20.4. The van der Waals surface area contributed by atoms with Crippen LogP contribution in [-0.4, -0.2) is 17.4 Å². The van der Waals surface area contributed by atoms with E-state index in [0.717, 1.165) is 10.7 Å². The van der Waals surface area contributed by atoms with Crippen molar-refractivity contribution >= 4 is 52.3 Å². The van der Waals surface area contributed by atoms with Crippen LogP contribution in [0.2, 0.25) is 10.0 Å². The molecule has 3 aromatic rings. The normalized spacial score (nSPS) is 13.4. The van der Waals surface area contributed by atoms with Crippen LogP contribution in [0.15, 0.2) is 64.1 Å². The highest BCUT2D eigenvalue weighted by Crippen LogP contribution is 2.38. The first-order valence-corrected chi connectivity index (χ1v) is 10.8. The number of carbonyl (C=O) groups is 2. The fourth-order valence-corrected chi connectivity index (χ4v) is 4.66. The number of hydrogen-bond acceptors (Lipinski definition) is 4. The van der Waals surface area contributed by atoms with Crippen LogP contribution in [0, 0.1) is 0 Å². The van der Waals surface area contributed by atoms with E-state index in [1.165, 1.54) is 11.8 Å². The Kier molecular flexibility index (Phi) is 5.99. The van der Waals surface area contributed by atoms with Crippen LogP contribution in [0.5, 0.6) is 0 Å². The molecule has 0 radical (unpaired) electrons. The van der Waals surface area contributed by atoms with E-state index in [1.54, 1.807) is 41.5 Å². The Morgan fingerprint density at radius 1 is 1.10 bits per heavy atom. The molecule has 0 saturated heterocycles. The molecular formula is C22H17Cl2NO3S. The summed E-state index contributed by atoms with van der Waals surface area (Å²) in [7, 11) is 0. The van der Waals surface area contributed by atoms with Gasteiger partial charge in [-0.3, -0.25) is 9.59 Å². The number of hydrogen-bond donors (Lipinski definition) is 0. The van der Waals surface area contributed by atoms with Gasteiger partial charge in [0.25, 0.3) is 0 Å². The van der Waals surface area contributed by atoms with Crippen LogP contribution in [0.25, 0.3) is 0 Å². The molecule has 1 aliphatic rings. The number of ketones is 1. The highest BCUT2D eigenvalue weighted by atomic mass is 35.5. The van der Waals surface area contributed by atoms with Gasteiger partial charge in [0.15, 0.2) is 5.78 Å². The predicted molar refractivity (Wildman–Crippen MR) is 116 cm³/mol. The van der Waals surface area contributed by atoms with E-state index in [2.05, 4.69) is 0 Å². The number of nitrogens with zero attached hydrogens (tertiary/aromatic N) is 1. The van der Waals surface area contributed by atoms with E-state index in [1.807, 2.05) is 18.2 Å². The lowest BCUT2D eigenvalue weighted by atomic mass is 10.0. The molecule has 0 atom stereocenters. The summed E-state index contributed by atoms with van der Waals surface area (Å²) in [5.74, 6) is 1.07. The van der Waals surface area contributed by atoms with Gasteiger partial charge in [-0.1, -0.05) is 35.3 Å². The molecule has 0 saturated carbocycles. The number of fused-ring (bicyclic) bond motifs is 1.